The summed E-state index contributed by atoms with van der Waals surface area (Å²) in [6, 6.07) is 10.3. The number of hydrogen-bond donors (Lipinski definition) is 0. The zero-order chi connectivity index (χ0) is 18.7. The summed E-state index contributed by atoms with van der Waals surface area (Å²) >= 11 is 5.82. The van der Waals surface area contributed by atoms with Gasteiger partial charge in [-0.05, 0) is 36.8 Å². The standard InChI is InChI=1S/C19H14ClFO5/c1-11-2-4-14-12(7-18(22)26-17(14)6-11)9-25-19(23)10-24-16-5-3-13(21)8-15(16)20/h2-8H,9-10H2,1H3. The van der Waals surface area contributed by atoms with Crippen molar-refractivity contribution < 1.29 is 23.1 Å². The van der Waals surface area contributed by atoms with E-state index >= 15 is 0 Å². The minimum atomic E-state index is -0.654. The van der Waals surface area contributed by atoms with Crippen LogP contribution in [0.3, 0.4) is 0 Å². The van der Waals surface area contributed by atoms with E-state index in [0.717, 1.165) is 11.6 Å². The van der Waals surface area contributed by atoms with Crippen LogP contribution in [0.1, 0.15) is 11.1 Å². The molecule has 0 saturated heterocycles. The SMILES string of the molecule is Cc1ccc2c(COC(=O)COc3ccc(F)cc3Cl)cc(=O)oc2c1. The molecule has 5 nitrogen and oxygen atoms in total. The van der Waals surface area contributed by atoms with Gasteiger partial charge in [0, 0.05) is 17.0 Å². The molecule has 0 aliphatic rings. The molecule has 26 heavy (non-hydrogen) atoms. The zero-order valence-electron chi connectivity index (χ0n) is 13.8. The monoisotopic (exact) mass is 376 g/mol. The predicted molar refractivity (Wildman–Crippen MR) is 93.9 cm³/mol. The van der Waals surface area contributed by atoms with Crippen LogP contribution in [0.4, 0.5) is 4.39 Å². The van der Waals surface area contributed by atoms with Crippen molar-refractivity contribution in [1.82, 2.24) is 0 Å². The summed E-state index contributed by atoms with van der Waals surface area (Å²) in [5.41, 5.74) is 1.38. The number of hydrogen-bond acceptors (Lipinski definition) is 5. The van der Waals surface area contributed by atoms with Crippen molar-refractivity contribution in [2.24, 2.45) is 0 Å². The van der Waals surface area contributed by atoms with Crippen LogP contribution in [0, 0.1) is 12.7 Å². The molecule has 7 heteroatoms. The van der Waals surface area contributed by atoms with Crippen LogP contribution in [0.5, 0.6) is 5.75 Å². The van der Waals surface area contributed by atoms with Crippen LogP contribution < -0.4 is 10.4 Å². The van der Waals surface area contributed by atoms with Gasteiger partial charge in [-0.15, -0.1) is 0 Å². The zero-order valence-corrected chi connectivity index (χ0v) is 14.5. The Morgan fingerprint density at radius 2 is 2.00 bits per heavy atom. The molecule has 0 N–H and O–H groups in total. The molecule has 0 saturated carbocycles. The number of halogens is 2. The number of esters is 1. The molecule has 3 aromatic rings. The number of rotatable bonds is 5. The molecule has 0 unspecified atom stereocenters. The van der Waals surface area contributed by atoms with Crippen molar-refractivity contribution >= 4 is 28.5 Å². The highest BCUT2D eigenvalue weighted by Crippen LogP contribution is 2.25. The van der Waals surface area contributed by atoms with E-state index < -0.39 is 24.0 Å². The van der Waals surface area contributed by atoms with Crippen molar-refractivity contribution in [3.8, 4) is 5.75 Å². The maximum Gasteiger partial charge on any atom is 0.344 e. The van der Waals surface area contributed by atoms with E-state index in [1.807, 2.05) is 13.0 Å². The van der Waals surface area contributed by atoms with E-state index in [-0.39, 0.29) is 17.4 Å². The summed E-state index contributed by atoms with van der Waals surface area (Å²) in [5, 5.41) is 0.741. The predicted octanol–water partition coefficient (Wildman–Crippen LogP) is 4.02. The largest absolute Gasteiger partial charge is 0.480 e. The van der Waals surface area contributed by atoms with Crippen LogP contribution in [-0.2, 0) is 16.1 Å². The lowest BCUT2D eigenvalue weighted by Gasteiger charge is -2.09. The lowest BCUT2D eigenvalue weighted by atomic mass is 10.1. The van der Waals surface area contributed by atoms with Gasteiger partial charge in [-0.3, -0.25) is 0 Å². The van der Waals surface area contributed by atoms with Crippen molar-refractivity contribution in [2.45, 2.75) is 13.5 Å². The Hall–Kier alpha value is -2.86. The highest BCUT2D eigenvalue weighted by Gasteiger charge is 2.11. The fourth-order valence-corrected chi connectivity index (χ4v) is 2.61. The number of carbonyl (C=O) groups excluding carboxylic acids is 1. The Kier molecular flexibility index (Phi) is 5.23. The van der Waals surface area contributed by atoms with Gasteiger partial charge in [-0.25, -0.2) is 14.0 Å². The first-order valence-corrected chi connectivity index (χ1v) is 8.07. The molecule has 2 aromatic carbocycles. The fraction of sp³-hybridized carbons (Fsp3) is 0.158. The van der Waals surface area contributed by atoms with E-state index in [1.54, 1.807) is 12.1 Å². The smallest absolute Gasteiger partial charge is 0.344 e. The number of fused-ring (bicyclic) bond motifs is 1. The third-order valence-corrected chi connectivity index (χ3v) is 3.91. The van der Waals surface area contributed by atoms with Crippen molar-refractivity contribution in [3.05, 3.63) is 74.9 Å². The average Bonchev–Trinajstić information content (AvgIpc) is 2.58. The van der Waals surface area contributed by atoms with E-state index in [2.05, 4.69) is 0 Å². The Balaban J connectivity index is 1.66. The second kappa shape index (κ2) is 7.58. The summed E-state index contributed by atoms with van der Waals surface area (Å²) in [7, 11) is 0. The summed E-state index contributed by atoms with van der Waals surface area (Å²) in [6.07, 6.45) is 0. The molecule has 3 rings (SSSR count). The Morgan fingerprint density at radius 3 is 2.77 bits per heavy atom. The van der Waals surface area contributed by atoms with E-state index in [9.17, 15) is 14.0 Å². The molecular weight excluding hydrogens is 363 g/mol. The molecule has 134 valence electrons. The van der Waals surface area contributed by atoms with Gasteiger partial charge < -0.3 is 13.9 Å². The summed E-state index contributed by atoms with van der Waals surface area (Å²) < 4.78 is 28.5. The Bertz CT molecular complexity index is 1030. The van der Waals surface area contributed by atoms with Crippen LogP contribution in [0.2, 0.25) is 5.02 Å². The first-order chi connectivity index (χ1) is 12.4. The quantitative estimate of drug-likeness (QED) is 0.497. The van der Waals surface area contributed by atoms with Crippen LogP contribution in [0.25, 0.3) is 11.0 Å². The lowest BCUT2D eigenvalue weighted by Crippen LogP contribution is -2.15. The van der Waals surface area contributed by atoms with Crippen molar-refractivity contribution in [2.75, 3.05) is 6.61 Å². The molecule has 0 atom stereocenters. The highest BCUT2D eigenvalue weighted by atomic mass is 35.5. The number of ether oxygens (including phenoxy) is 2. The number of aryl methyl sites for hydroxylation is 1. The highest BCUT2D eigenvalue weighted by molar-refractivity contribution is 6.32. The topological polar surface area (TPSA) is 65.7 Å². The Morgan fingerprint density at radius 1 is 1.19 bits per heavy atom. The maximum atomic E-state index is 13.0. The first kappa shape index (κ1) is 17.9. The summed E-state index contributed by atoms with van der Waals surface area (Å²) in [4.78, 5) is 23.5. The minimum Gasteiger partial charge on any atom is -0.480 e. The van der Waals surface area contributed by atoms with E-state index in [4.69, 9.17) is 25.5 Å². The van der Waals surface area contributed by atoms with Gasteiger partial charge in [0.1, 0.15) is 23.8 Å². The molecule has 0 bridgehead atoms. The van der Waals surface area contributed by atoms with Gasteiger partial charge in [0.05, 0.1) is 5.02 Å². The van der Waals surface area contributed by atoms with Gasteiger partial charge in [0.25, 0.3) is 0 Å². The number of carbonyl (C=O) groups is 1. The van der Waals surface area contributed by atoms with Gasteiger partial charge in [0.15, 0.2) is 6.61 Å². The van der Waals surface area contributed by atoms with Crippen LogP contribution >= 0.6 is 11.6 Å². The van der Waals surface area contributed by atoms with Crippen molar-refractivity contribution in [1.29, 1.82) is 0 Å². The Labute approximate surface area is 152 Å². The minimum absolute atomic E-state index is 0.0554. The normalized spacial score (nSPS) is 10.7. The molecule has 0 spiro atoms. The lowest BCUT2D eigenvalue weighted by molar-refractivity contribution is -0.147. The van der Waals surface area contributed by atoms with Gasteiger partial charge in [0.2, 0.25) is 0 Å². The maximum absolute atomic E-state index is 13.0. The van der Waals surface area contributed by atoms with Gasteiger partial charge in [-0.1, -0.05) is 23.7 Å². The third-order valence-electron chi connectivity index (χ3n) is 3.61. The molecule has 1 heterocycles. The van der Waals surface area contributed by atoms with Gasteiger partial charge in [-0.2, -0.15) is 0 Å². The van der Waals surface area contributed by atoms with Crippen molar-refractivity contribution in [3.63, 3.8) is 0 Å². The number of benzene rings is 2. The molecule has 0 amide bonds. The second-order valence-electron chi connectivity index (χ2n) is 5.61. The van der Waals surface area contributed by atoms with E-state index in [0.29, 0.717) is 16.5 Å². The van der Waals surface area contributed by atoms with Crippen LogP contribution in [-0.4, -0.2) is 12.6 Å². The fourth-order valence-electron chi connectivity index (χ4n) is 2.39. The second-order valence-corrected chi connectivity index (χ2v) is 6.02. The molecule has 1 aromatic heterocycles. The molecule has 0 aliphatic carbocycles. The van der Waals surface area contributed by atoms with Gasteiger partial charge >= 0.3 is 11.6 Å². The summed E-state index contributed by atoms with van der Waals surface area (Å²) in [5.74, 6) is -0.986. The average molecular weight is 377 g/mol. The first-order valence-electron chi connectivity index (χ1n) is 7.69. The molecular formula is C19H14ClFO5. The summed E-state index contributed by atoms with van der Waals surface area (Å²) in [6.45, 7) is 1.37. The van der Waals surface area contributed by atoms with E-state index in [1.165, 1.54) is 18.2 Å². The molecule has 0 aliphatic heterocycles. The third kappa shape index (κ3) is 4.21. The molecule has 0 fully saturated rings. The van der Waals surface area contributed by atoms with Crippen LogP contribution in [0.15, 0.2) is 51.7 Å². The molecule has 0 radical (unpaired) electrons.